The molecule has 0 radical (unpaired) electrons. The number of rotatable bonds is 3. The highest BCUT2D eigenvalue weighted by atomic mass is 19.1. The fourth-order valence-electron chi connectivity index (χ4n) is 4.05. The second kappa shape index (κ2) is 6.19. The minimum atomic E-state index is -0.236. The Hall–Kier alpha value is -1.91. The minimum absolute atomic E-state index is 0.214. The number of hydrogen-bond acceptors (Lipinski definition) is 3. The van der Waals surface area contributed by atoms with Gasteiger partial charge in [-0.1, -0.05) is 36.4 Å². The highest BCUT2D eigenvalue weighted by Gasteiger charge is 2.45. The summed E-state index contributed by atoms with van der Waals surface area (Å²) in [4.78, 5) is 2.44. The molecule has 2 atom stereocenters. The smallest absolute Gasteiger partial charge is 0.127 e. The zero-order chi connectivity index (χ0) is 16.6. The fourth-order valence-corrected chi connectivity index (χ4v) is 4.05. The summed E-state index contributed by atoms with van der Waals surface area (Å²) < 4.78 is 20.0. The lowest BCUT2D eigenvalue weighted by molar-refractivity contribution is 0.0385. The van der Waals surface area contributed by atoms with E-state index in [-0.39, 0.29) is 17.5 Å². The average Bonchev–Trinajstić information content (AvgIpc) is 2.96. The van der Waals surface area contributed by atoms with Crippen molar-refractivity contribution in [2.24, 2.45) is 0 Å². The molecule has 1 saturated heterocycles. The van der Waals surface area contributed by atoms with Crippen LogP contribution in [-0.4, -0.2) is 30.6 Å². The van der Waals surface area contributed by atoms with Gasteiger partial charge in [0.25, 0.3) is 0 Å². The lowest BCUT2D eigenvalue weighted by Gasteiger charge is -2.40. The van der Waals surface area contributed by atoms with Crippen molar-refractivity contribution in [3.63, 3.8) is 0 Å². The third-order valence-corrected chi connectivity index (χ3v) is 5.25. The van der Waals surface area contributed by atoms with Crippen LogP contribution >= 0.6 is 0 Å². The number of fused-ring (bicyclic) bond motifs is 1. The van der Waals surface area contributed by atoms with Gasteiger partial charge in [0.15, 0.2) is 0 Å². The van der Waals surface area contributed by atoms with E-state index < -0.39 is 0 Å². The SMILES string of the molecule is CNC1CC2(CCN(Cc3ccccc3)C2)Oc2cc(F)ccc21. The van der Waals surface area contributed by atoms with Gasteiger partial charge in [0.05, 0.1) is 0 Å². The van der Waals surface area contributed by atoms with Gasteiger partial charge in [-0.2, -0.15) is 0 Å². The molecule has 126 valence electrons. The van der Waals surface area contributed by atoms with Crippen molar-refractivity contribution in [1.82, 2.24) is 10.2 Å². The molecule has 2 aromatic rings. The fraction of sp³-hybridized carbons (Fsp3) is 0.400. The van der Waals surface area contributed by atoms with E-state index in [9.17, 15) is 4.39 Å². The Morgan fingerprint density at radius 3 is 2.88 bits per heavy atom. The second-order valence-corrected chi connectivity index (χ2v) is 6.96. The number of nitrogens with zero attached hydrogens (tertiary/aromatic N) is 1. The van der Waals surface area contributed by atoms with E-state index in [1.165, 1.54) is 17.7 Å². The van der Waals surface area contributed by atoms with Gasteiger partial charge in [-0.15, -0.1) is 0 Å². The van der Waals surface area contributed by atoms with Crippen LogP contribution in [0.4, 0.5) is 4.39 Å². The molecule has 2 unspecified atom stereocenters. The Bertz CT molecular complexity index is 721. The van der Waals surface area contributed by atoms with Crippen molar-refractivity contribution in [1.29, 1.82) is 0 Å². The standard InChI is InChI=1S/C20H23FN2O/c1-22-18-12-20(24-19-11-16(21)7-8-17(18)19)9-10-23(14-20)13-15-5-3-2-4-6-15/h2-8,11,18,22H,9-10,12-14H2,1H3. The van der Waals surface area contributed by atoms with Crippen LogP contribution in [-0.2, 0) is 6.54 Å². The van der Waals surface area contributed by atoms with Gasteiger partial charge in [-0.05, 0) is 18.7 Å². The first-order valence-corrected chi connectivity index (χ1v) is 8.59. The van der Waals surface area contributed by atoms with Crippen molar-refractivity contribution in [3.05, 3.63) is 65.5 Å². The molecule has 4 rings (SSSR count). The molecule has 4 heteroatoms. The third-order valence-electron chi connectivity index (χ3n) is 5.25. The maximum absolute atomic E-state index is 13.7. The van der Waals surface area contributed by atoms with Crippen molar-refractivity contribution >= 4 is 0 Å². The first-order chi connectivity index (χ1) is 11.7. The van der Waals surface area contributed by atoms with E-state index >= 15 is 0 Å². The third kappa shape index (κ3) is 2.92. The molecule has 1 fully saturated rings. The van der Waals surface area contributed by atoms with Crippen LogP contribution in [0.3, 0.4) is 0 Å². The van der Waals surface area contributed by atoms with E-state index in [1.807, 2.05) is 19.2 Å². The van der Waals surface area contributed by atoms with Crippen molar-refractivity contribution in [3.8, 4) is 5.75 Å². The van der Waals surface area contributed by atoms with E-state index in [1.54, 1.807) is 0 Å². The van der Waals surface area contributed by atoms with Crippen molar-refractivity contribution < 1.29 is 9.13 Å². The summed E-state index contributed by atoms with van der Waals surface area (Å²) in [5, 5.41) is 3.37. The lowest BCUT2D eigenvalue weighted by Crippen LogP contribution is -2.45. The highest BCUT2D eigenvalue weighted by molar-refractivity contribution is 5.40. The highest BCUT2D eigenvalue weighted by Crippen LogP contribution is 2.44. The van der Waals surface area contributed by atoms with Crippen LogP contribution < -0.4 is 10.1 Å². The molecule has 1 spiro atoms. The molecular formula is C20H23FN2O. The van der Waals surface area contributed by atoms with Gasteiger partial charge in [0, 0.05) is 50.1 Å². The second-order valence-electron chi connectivity index (χ2n) is 6.96. The van der Waals surface area contributed by atoms with Gasteiger partial charge >= 0.3 is 0 Å². The molecule has 2 aromatic carbocycles. The first-order valence-electron chi connectivity index (χ1n) is 8.59. The van der Waals surface area contributed by atoms with E-state index in [2.05, 4.69) is 34.5 Å². The average molecular weight is 326 g/mol. The first kappa shape index (κ1) is 15.6. The molecule has 3 nitrogen and oxygen atoms in total. The van der Waals surface area contributed by atoms with Crippen LogP contribution in [0.5, 0.6) is 5.75 Å². The number of nitrogens with one attached hydrogen (secondary N) is 1. The van der Waals surface area contributed by atoms with E-state index in [4.69, 9.17) is 4.74 Å². The number of hydrogen-bond donors (Lipinski definition) is 1. The van der Waals surface area contributed by atoms with Gasteiger partial charge in [-0.25, -0.2) is 4.39 Å². The molecule has 2 aliphatic heterocycles. The molecular weight excluding hydrogens is 303 g/mol. The number of ether oxygens (including phenoxy) is 1. The van der Waals surface area contributed by atoms with E-state index in [0.717, 1.165) is 38.0 Å². The molecule has 0 aromatic heterocycles. The van der Waals surface area contributed by atoms with Gasteiger partial charge in [0.2, 0.25) is 0 Å². The zero-order valence-electron chi connectivity index (χ0n) is 14.0. The predicted octanol–water partition coefficient (Wildman–Crippen LogP) is 3.51. The summed E-state index contributed by atoms with van der Waals surface area (Å²) in [6.45, 7) is 2.83. The Morgan fingerprint density at radius 2 is 2.08 bits per heavy atom. The van der Waals surface area contributed by atoms with Crippen molar-refractivity contribution in [2.75, 3.05) is 20.1 Å². The lowest BCUT2D eigenvalue weighted by atomic mass is 9.86. The monoisotopic (exact) mass is 326 g/mol. The summed E-state index contributed by atoms with van der Waals surface area (Å²) in [6, 6.07) is 15.6. The Balaban J connectivity index is 1.54. The topological polar surface area (TPSA) is 24.5 Å². The Labute approximate surface area is 142 Å². The number of likely N-dealkylation sites (tertiary alicyclic amines) is 1. The molecule has 24 heavy (non-hydrogen) atoms. The van der Waals surface area contributed by atoms with Crippen LogP contribution in [0.2, 0.25) is 0 Å². The molecule has 0 bridgehead atoms. The maximum atomic E-state index is 13.7. The largest absolute Gasteiger partial charge is 0.485 e. The summed E-state index contributed by atoms with van der Waals surface area (Å²) in [6.07, 6.45) is 1.90. The summed E-state index contributed by atoms with van der Waals surface area (Å²) in [5.41, 5.74) is 2.16. The molecule has 2 aliphatic rings. The quantitative estimate of drug-likeness (QED) is 0.934. The van der Waals surface area contributed by atoms with E-state index in [0.29, 0.717) is 5.75 Å². The summed E-state index contributed by atoms with van der Waals surface area (Å²) in [5.74, 6) is 0.460. The molecule has 0 aliphatic carbocycles. The Morgan fingerprint density at radius 1 is 1.25 bits per heavy atom. The van der Waals surface area contributed by atoms with Crippen LogP contribution in [0.1, 0.15) is 30.0 Å². The number of halogens is 1. The zero-order valence-corrected chi connectivity index (χ0v) is 14.0. The molecule has 1 N–H and O–H groups in total. The van der Waals surface area contributed by atoms with Gasteiger partial charge in [-0.3, -0.25) is 4.90 Å². The summed E-state index contributed by atoms with van der Waals surface area (Å²) in [7, 11) is 1.97. The maximum Gasteiger partial charge on any atom is 0.127 e. The minimum Gasteiger partial charge on any atom is -0.485 e. The van der Waals surface area contributed by atoms with Crippen LogP contribution in [0.25, 0.3) is 0 Å². The molecule has 2 heterocycles. The van der Waals surface area contributed by atoms with Crippen LogP contribution in [0.15, 0.2) is 48.5 Å². The molecule has 0 saturated carbocycles. The van der Waals surface area contributed by atoms with Gasteiger partial charge < -0.3 is 10.1 Å². The molecule has 0 amide bonds. The van der Waals surface area contributed by atoms with Gasteiger partial charge in [0.1, 0.15) is 17.2 Å². The normalized spacial score (nSPS) is 26.3. The Kier molecular flexibility index (Phi) is 4.02. The predicted molar refractivity (Wildman–Crippen MR) is 92.5 cm³/mol. The van der Waals surface area contributed by atoms with Crippen molar-refractivity contribution in [2.45, 2.75) is 31.0 Å². The summed E-state index contributed by atoms with van der Waals surface area (Å²) >= 11 is 0. The van der Waals surface area contributed by atoms with Crippen LogP contribution in [0, 0.1) is 5.82 Å². The number of benzene rings is 2.